The fraction of sp³-hybridized carbons (Fsp3) is 0.238. The molecule has 0 saturated heterocycles. The third-order valence-electron chi connectivity index (χ3n) is 5.45. The summed E-state index contributed by atoms with van der Waals surface area (Å²) >= 11 is 6.01. The molecule has 0 bridgehead atoms. The van der Waals surface area contributed by atoms with Gasteiger partial charge >= 0.3 is 6.18 Å². The number of halogens is 4. The molecular formula is C21H16ClF3N6O. The minimum Gasteiger partial charge on any atom is -0.337 e. The van der Waals surface area contributed by atoms with Gasteiger partial charge in [0.25, 0.3) is 5.56 Å². The highest BCUT2D eigenvalue weighted by atomic mass is 35.5. The first-order valence-corrected chi connectivity index (χ1v) is 10.1. The first-order chi connectivity index (χ1) is 15.2. The van der Waals surface area contributed by atoms with Crippen LogP contribution in [0, 0.1) is 0 Å². The summed E-state index contributed by atoms with van der Waals surface area (Å²) in [5.41, 5.74) is 1.00. The maximum absolute atomic E-state index is 13.3. The lowest BCUT2D eigenvalue weighted by atomic mass is 10.0. The van der Waals surface area contributed by atoms with Gasteiger partial charge in [-0.3, -0.25) is 9.78 Å². The molecule has 1 aliphatic heterocycles. The van der Waals surface area contributed by atoms with Crippen molar-refractivity contribution in [2.75, 3.05) is 11.4 Å². The van der Waals surface area contributed by atoms with E-state index >= 15 is 0 Å². The van der Waals surface area contributed by atoms with Crippen LogP contribution in [0.2, 0.25) is 5.02 Å². The van der Waals surface area contributed by atoms with E-state index in [0.717, 1.165) is 12.3 Å². The van der Waals surface area contributed by atoms with Crippen molar-refractivity contribution in [2.24, 2.45) is 7.05 Å². The molecule has 0 amide bonds. The van der Waals surface area contributed by atoms with Crippen LogP contribution in [-0.2, 0) is 26.2 Å². The Bertz CT molecular complexity index is 1390. The minimum atomic E-state index is -4.48. The Hall–Kier alpha value is -3.40. The third-order valence-corrected chi connectivity index (χ3v) is 5.70. The summed E-state index contributed by atoms with van der Waals surface area (Å²) in [4.78, 5) is 28.0. The number of rotatable bonds is 2. The fourth-order valence-corrected chi connectivity index (χ4v) is 3.96. The number of alkyl halides is 3. The quantitative estimate of drug-likeness (QED) is 0.456. The van der Waals surface area contributed by atoms with Crippen LogP contribution in [0.15, 0.2) is 47.7 Å². The van der Waals surface area contributed by atoms with E-state index in [1.165, 1.54) is 10.9 Å². The lowest BCUT2D eigenvalue weighted by Crippen LogP contribution is -2.37. The largest absolute Gasteiger partial charge is 0.417 e. The molecule has 0 spiro atoms. The average molecular weight is 461 g/mol. The molecule has 0 saturated carbocycles. The number of aromatic nitrogens is 5. The summed E-state index contributed by atoms with van der Waals surface area (Å²) in [5.74, 6) is 0.316. The Labute approximate surface area is 184 Å². The van der Waals surface area contributed by atoms with Crippen LogP contribution in [0.3, 0.4) is 0 Å². The topological polar surface area (TPSA) is 68.8 Å². The van der Waals surface area contributed by atoms with Crippen LogP contribution in [0.1, 0.15) is 16.8 Å². The summed E-state index contributed by atoms with van der Waals surface area (Å²) in [6.07, 6.45) is -1.70. The predicted octanol–water partition coefficient (Wildman–Crippen LogP) is 3.75. The van der Waals surface area contributed by atoms with E-state index < -0.39 is 11.7 Å². The highest BCUT2D eigenvalue weighted by Crippen LogP contribution is 2.32. The average Bonchev–Trinajstić information content (AvgIpc) is 3.14. The second kappa shape index (κ2) is 7.33. The van der Waals surface area contributed by atoms with E-state index in [1.54, 1.807) is 40.8 Å². The number of imidazole rings is 1. The highest BCUT2D eigenvalue weighted by Gasteiger charge is 2.33. The number of nitrogens with zero attached hydrogens (tertiary/aromatic N) is 6. The van der Waals surface area contributed by atoms with Crippen LogP contribution < -0.4 is 10.5 Å². The van der Waals surface area contributed by atoms with Gasteiger partial charge in [0.1, 0.15) is 0 Å². The summed E-state index contributed by atoms with van der Waals surface area (Å²) < 4.78 is 42.6. The Morgan fingerprint density at radius 1 is 1.12 bits per heavy atom. The van der Waals surface area contributed by atoms with Crippen LogP contribution in [0.5, 0.6) is 0 Å². The van der Waals surface area contributed by atoms with Crippen molar-refractivity contribution in [3.8, 4) is 5.69 Å². The maximum atomic E-state index is 13.3. The molecule has 0 fully saturated rings. The number of hydrogen-bond donors (Lipinski definition) is 0. The van der Waals surface area contributed by atoms with Gasteiger partial charge in [-0.2, -0.15) is 18.2 Å². The molecule has 5 rings (SSSR count). The normalized spacial score (nSPS) is 14.1. The lowest BCUT2D eigenvalue weighted by molar-refractivity contribution is -0.137. The minimum absolute atomic E-state index is 0.135. The zero-order valence-corrected chi connectivity index (χ0v) is 17.5. The van der Waals surface area contributed by atoms with Gasteiger partial charge in [0.2, 0.25) is 5.95 Å². The molecule has 0 atom stereocenters. The Morgan fingerprint density at radius 3 is 2.59 bits per heavy atom. The Morgan fingerprint density at radius 2 is 1.88 bits per heavy atom. The van der Waals surface area contributed by atoms with Gasteiger partial charge in [-0.25, -0.2) is 9.55 Å². The van der Waals surface area contributed by atoms with Crippen molar-refractivity contribution < 1.29 is 13.2 Å². The standard InChI is InChI=1S/C21H16ClF3N6O/c1-29-11-27-17-18(29)28-20(31(19(17)32)15-4-2-14(22)3-5-15)30-7-6-16-12(10-30)8-13(9-26-16)21(23,24)25/h2-5,8-9,11H,6-7,10H2,1H3. The SMILES string of the molecule is Cn1cnc2c(=O)n(-c3ccc(Cl)cc3)c(N3CCc4ncc(C(F)(F)F)cc4C3)nc21. The molecule has 0 aliphatic carbocycles. The summed E-state index contributed by atoms with van der Waals surface area (Å²) in [5, 5.41) is 0.507. The zero-order valence-electron chi connectivity index (χ0n) is 16.8. The van der Waals surface area contributed by atoms with Gasteiger partial charge in [0.05, 0.1) is 17.6 Å². The number of hydrogen-bond acceptors (Lipinski definition) is 5. The zero-order chi connectivity index (χ0) is 22.6. The molecule has 3 aromatic heterocycles. The molecule has 1 aromatic carbocycles. The predicted molar refractivity (Wildman–Crippen MR) is 113 cm³/mol. The van der Waals surface area contributed by atoms with Crippen LogP contribution in [0.25, 0.3) is 16.9 Å². The van der Waals surface area contributed by atoms with Gasteiger partial charge in [0, 0.05) is 43.5 Å². The van der Waals surface area contributed by atoms with Crippen LogP contribution in [-0.4, -0.2) is 30.6 Å². The molecule has 11 heteroatoms. The maximum Gasteiger partial charge on any atom is 0.417 e. The molecule has 1 aliphatic rings. The third kappa shape index (κ3) is 3.40. The van der Waals surface area contributed by atoms with Crippen molar-refractivity contribution in [2.45, 2.75) is 19.1 Å². The van der Waals surface area contributed by atoms with E-state index in [1.807, 2.05) is 0 Å². The van der Waals surface area contributed by atoms with Crippen molar-refractivity contribution >= 4 is 28.7 Å². The van der Waals surface area contributed by atoms with Gasteiger partial charge in [-0.15, -0.1) is 0 Å². The van der Waals surface area contributed by atoms with Crippen molar-refractivity contribution in [1.29, 1.82) is 0 Å². The molecule has 0 unspecified atom stereocenters. The van der Waals surface area contributed by atoms with Crippen molar-refractivity contribution in [1.82, 2.24) is 24.1 Å². The van der Waals surface area contributed by atoms with E-state index in [0.29, 0.717) is 46.5 Å². The molecule has 0 radical (unpaired) electrons. The smallest absolute Gasteiger partial charge is 0.337 e. The summed E-state index contributed by atoms with van der Waals surface area (Å²) in [6.45, 7) is 0.574. The van der Waals surface area contributed by atoms with Crippen LogP contribution in [0.4, 0.5) is 19.1 Å². The summed E-state index contributed by atoms with van der Waals surface area (Å²) in [7, 11) is 1.73. The molecule has 4 heterocycles. The fourth-order valence-electron chi connectivity index (χ4n) is 3.83. The number of pyridine rings is 1. The second-order valence-corrected chi connectivity index (χ2v) is 7.99. The van der Waals surface area contributed by atoms with E-state index in [2.05, 4.69) is 15.0 Å². The van der Waals surface area contributed by atoms with Gasteiger partial charge in [-0.1, -0.05) is 11.6 Å². The molecule has 7 nitrogen and oxygen atoms in total. The van der Waals surface area contributed by atoms with Crippen molar-refractivity contribution in [3.05, 3.63) is 75.1 Å². The van der Waals surface area contributed by atoms with Crippen molar-refractivity contribution in [3.63, 3.8) is 0 Å². The van der Waals surface area contributed by atoms with E-state index in [-0.39, 0.29) is 17.6 Å². The molecular weight excluding hydrogens is 445 g/mol. The summed E-state index contributed by atoms with van der Waals surface area (Å²) in [6, 6.07) is 7.79. The molecule has 164 valence electrons. The number of anilines is 1. The Balaban J connectivity index is 1.67. The number of aryl methyl sites for hydroxylation is 1. The Kier molecular flexibility index (Phi) is 4.70. The number of benzene rings is 1. The molecule has 0 N–H and O–H groups in total. The highest BCUT2D eigenvalue weighted by molar-refractivity contribution is 6.30. The van der Waals surface area contributed by atoms with Gasteiger partial charge in [-0.05, 0) is 35.9 Å². The molecule has 32 heavy (non-hydrogen) atoms. The second-order valence-electron chi connectivity index (χ2n) is 7.56. The first-order valence-electron chi connectivity index (χ1n) is 9.72. The van der Waals surface area contributed by atoms with Gasteiger partial charge < -0.3 is 9.47 Å². The van der Waals surface area contributed by atoms with Crippen LogP contribution >= 0.6 is 11.6 Å². The van der Waals surface area contributed by atoms with E-state index in [9.17, 15) is 18.0 Å². The van der Waals surface area contributed by atoms with E-state index in [4.69, 9.17) is 11.6 Å². The lowest BCUT2D eigenvalue weighted by Gasteiger charge is -2.31. The first kappa shape index (κ1) is 20.5. The molecule has 4 aromatic rings. The van der Waals surface area contributed by atoms with Gasteiger partial charge in [0.15, 0.2) is 11.2 Å². The number of fused-ring (bicyclic) bond motifs is 2. The monoisotopic (exact) mass is 460 g/mol.